The van der Waals surface area contributed by atoms with Crippen molar-refractivity contribution in [3.05, 3.63) is 63.8 Å². The monoisotopic (exact) mass is 451 g/mol. The van der Waals surface area contributed by atoms with Gasteiger partial charge in [0, 0.05) is 42.4 Å². The zero-order chi connectivity index (χ0) is 22.3. The first-order valence-electron chi connectivity index (χ1n) is 9.35. The summed E-state index contributed by atoms with van der Waals surface area (Å²) in [5, 5.41) is 27.0. The number of nitrogens with one attached hydrogen (secondary N) is 1. The number of aromatic amines is 1. The molecule has 0 saturated heterocycles. The second-order valence-electron chi connectivity index (χ2n) is 7.29. The lowest BCUT2D eigenvalue weighted by molar-refractivity contribution is -0.138. The molecule has 4 rings (SSSR count). The van der Waals surface area contributed by atoms with Gasteiger partial charge in [-0.25, -0.2) is 0 Å². The van der Waals surface area contributed by atoms with Gasteiger partial charge in [0.25, 0.3) is 0 Å². The van der Waals surface area contributed by atoms with Gasteiger partial charge in [-0.05, 0) is 17.7 Å². The largest absolute Gasteiger partial charge is 0.507 e. The number of fused-ring (bicyclic) bond motifs is 1. The van der Waals surface area contributed by atoms with E-state index in [-0.39, 0.29) is 41.0 Å². The number of halogens is 4. The average molecular weight is 452 g/mol. The summed E-state index contributed by atoms with van der Waals surface area (Å²) in [4.78, 5) is 14.3. The van der Waals surface area contributed by atoms with Gasteiger partial charge in [0.05, 0.1) is 17.0 Å². The second kappa shape index (κ2) is 7.81. The van der Waals surface area contributed by atoms with E-state index in [2.05, 4.69) is 10.2 Å². The molecule has 0 radical (unpaired) electrons. The number of phenols is 2. The smallest absolute Gasteiger partial charge is 0.416 e. The lowest BCUT2D eigenvalue weighted by atomic mass is 9.99. The summed E-state index contributed by atoms with van der Waals surface area (Å²) in [7, 11) is 0. The van der Waals surface area contributed by atoms with Gasteiger partial charge in [-0.2, -0.15) is 18.3 Å². The zero-order valence-electron chi connectivity index (χ0n) is 16.0. The molecule has 2 aromatic carbocycles. The summed E-state index contributed by atoms with van der Waals surface area (Å²) in [5.41, 5.74) is 1.65. The number of aromatic hydroxyl groups is 2. The number of alkyl halides is 3. The lowest BCUT2D eigenvalue weighted by Crippen LogP contribution is -2.36. The van der Waals surface area contributed by atoms with Gasteiger partial charge in [-0.1, -0.05) is 29.8 Å². The summed E-state index contributed by atoms with van der Waals surface area (Å²) in [6.45, 7) is 0.561. The minimum Gasteiger partial charge on any atom is -0.507 e. The van der Waals surface area contributed by atoms with E-state index < -0.39 is 11.7 Å². The van der Waals surface area contributed by atoms with E-state index in [1.165, 1.54) is 18.2 Å². The van der Waals surface area contributed by atoms with Crippen LogP contribution in [0.15, 0.2) is 36.4 Å². The summed E-state index contributed by atoms with van der Waals surface area (Å²) in [6.07, 6.45) is -4.16. The van der Waals surface area contributed by atoms with E-state index in [0.29, 0.717) is 29.8 Å². The van der Waals surface area contributed by atoms with Crippen molar-refractivity contribution in [2.75, 3.05) is 6.54 Å². The van der Waals surface area contributed by atoms with Crippen LogP contribution in [0.2, 0.25) is 5.02 Å². The maximum atomic E-state index is 12.9. The second-order valence-corrected chi connectivity index (χ2v) is 7.70. The van der Waals surface area contributed by atoms with Crippen LogP contribution >= 0.6 is 11.6 Å². The number of benzene rings is 2. The Morgan fingerprint density at radius 2 is 1.97 bits per heavy atom. The summed E-state index contributed by atoms with van der Waals surface area (Å²) in [6, 6.07) is 7.21. The Labute approximate surface area is 179 Å². The number of nitrogens with zero attached hydrogens (tertiary/aromatic N) is 2. The molecule has 0 spiro atoms. The number of aromatic nitrogens is 2. The molecular weight excluding hydrogens is 435 g/mol. The normalized spacial score (nSPS) is 13.9. The Kier molecular flexibility index (Phi) is 5.30. The van der Waals surface area contributed by atoms with Crippen LogP contribution in [-0.4, -0.2) is 37.8 Å². The maximum Gasteiger partial charge on any atom is 0.416 e. The first-order chi connectivity index (χ1) is 14.6. The van der Waals surface area contributed by atoms with E-state index in [4.69, 9.17) is 11.6 Å². The van der Waals surface area contributed by atoms with Crippen molar-refractivity contribution < 1.29 is 28.2 Å². The molecule has 0 fully saturated rings. The fourth-order valence-electron chi connectivity index (χ4n) is 3.62. The summed E-state index contributed by atoms with van der Waals surface area (Å²) >= 11 is 5.96. The molecule has 1 amide bonds. The minimum atomic E-state index is -4.47. The summed E-state index contributed by atoms with van der Waals surface area (Å²) in [5.74, 6) is -0.807. The van der Waals surface area contributed by atoms with Gasteiger partial charge in [0.15, 0.2) is 0 Å². The van der Waals surface area contributed by atoms with Crippen molar-refractivity contribution in [3.63, 3.8) is 0 Å². The van der Waals surface area contributed by atoms with Crippen molar-refractivity contribution >= 4 is 17.5 Å². The van der Waals surface area contributed by atoms with Gasteiger partial charge < -0.3 is 15.1 Å². The molecule has 2 heterocycles. The van der Waals surface area contributed by atoms with Crippen molar-refractivity contribution in [1.82, 2.24) is 15.1 Å². The van der Waals surface area contributed by atoms with Crippen molar-refractivity contribution in [2.45, 2.75) is 25.6 Å². The van der Waals surface area contributed by atoms with Gasteiger partial charge >= 0.3 is 6.18 Å². The molecule has 0 atom stereocenters. The Balaban J connectivity index is 1.56. The van der Waals surface area contributed by atoms with Crippen LogP contribution in [0.5, 0.6) is 11.5 Å². The highest BCUT2D eigenvalue weighted by molar-refractivity contribution is 6.32. The Morgan fingerprint density at radius 3 is 2.71 bits per heavy atom. The number of H-pyrrole nitrogens is 1. The number of carbonyl (C=O) groups excluding carboxylic acids is 1. The highest BCUT2D eigenvalue weighted by Crippen LogP contribution is 2.39. The Hall–Kier alpha value is -3.20. The molecule has 162 valence electrons. The zero-order valence-corrected chi connectivity index (χ0v) is 16.8. The number of hydrogen-bond acceptors (Lipinski definition) is 4. The lowest BCUT2D eigenvalue weighted by Gasteiger charge is -2.27. The van der Waals surface area contributed by atoms with E-state index in [9.17, 15) is 28.2 Å². The molecule has 0 saturated carbocycles. The molecule has 1 aromatic heterocycles. The molecule has 3 aromatic rings. The van der Waals surface area contributed by atoms with E-state index in [0.717, 1.165) is 23.9 Å². The van der Waals surface area contributed by atoms with Crippen LogP contribution in [0.1, 0.15) is 22.4 Å². The molecule has 6 nitrogen and oxygen atoms in total. The summed E-state index contributed by atoms with van der Waals surface area (Å²) < 4.78 is 38.8. The first-order valence-corrected chi connectivity index (χ1v) is 9.73. The third-order valence-corrected chi connectivity index (χ3v) is 5.52. The van der Waals surface area contributed by atoms with Gasteiger partial charge in [0.2, 0.25) is 5.91 Å². The van der Waals surface area contributed by atoms with Gasteiger partial charge in [-0.3, -0.25) is 9.89 Å². The number of amides is 1. The van der Waals surface area contributed by atoms with Crippen LogP contribution in [0.25, 0.3) is 11.3 Å². The number of rotatable bonds is 3. The fraction of sp³-hybridized carbons (Fsp3) is 0.238. The Bertz CT molecular complexity index is 1160. The molecule has 3 N–H and O–H groups in total. The van der Waals surface area contributed by atoms with E-state index in [1.54, 1.807) is 4.90 Å². The quantitative estimate of drug-likeness (QED) is 0.554. The van der Waals surface area contributed by atoms with Crippen molar-refractivity contribution in [3.8, 4) is 22.8 Å². The molecule has 10 heteroatoms. The number of phenolic OH excluding ortho intramolecular Hbond substituents is 2. The highest BCUT2D eigenvalue weighted by atomic mass is 35.5. The molecule has 1 aliphatic rings. The maximum absolute atomic E-state index is 12.9. The number of hydrogen-bond donors (Lipinski definition) is 3. The molecular formula is C21H17ClF3N3O3. The predicted octanol–water partition coefficient (Wildman–Crippen LogP) is 4.29. The molecule has 0 aliphatic carbocycles. The van der Waals surface area contributed by atoms with Crippen LogP contribution < -0.4 is 0 Å². The van der Waals surface area contributed by atoms with Crippen molar-refractivity contribution in [1.29, 1.82) is 0 Å². The van der Waals surface area contributed by atoms with Crippen LogP contribution in [0, 0.1) is 0 Å². The predicted molar refractivity (Wildman–Crippen MR) is 107 cm³/mol. The number of carbonyl (C=O) groups is 1. The van der Waals surface area contributed by atoms with E-state index in [1.807, 2.05) is 0 Å². The van der Waals surface area contributed by atoms with Gasteiger partial charge in [0.1, 0.15) is 17.2 Å². The van der Waals surface area contributed by atoms with Crippen LogP contribution in [0.3, 0.4) is 0 Å². The highest BCUT2D eigenvalue weighted by Gasteiger charge is 2.31. The van der Waals surface area contributed by atoms with Gasteiger partial charge in [-0.15, -0.1) is 0 Å². The van der Waals surface area contributed by atoms with Crippen LogP contribution in [0.4, 0.5) is 13.2 Å². The SMILES string of the molecule is O=C(Cc1cccc(C(F)(F)F)c1)N1CCc2[nH]nc(-c3cc(Cl)c(O)cc3O)c2C1. The third-order valence-electron chi connectivity index (χ3n) is 5.22. The first kappa shape index (κ1) is 21.0. The Morgan fingerprint density at radius 1 is 1.19 bits per heavy atom. The molecule has 31 heavy (non-hydrogen) atoms. The van der Waals surface area contributed by atoms with Crippen LogP contribution in [-0.2, 0) is 30.4 Å². The van der Waals surface area contributed by atoms with E-state index >= 15 is 0 Å². The molecule has 1 aliphatic heterocycles. The third kappa shape index (κ3) is 4.18. The average Bonchev–Trinajstić information content (AvgIpc) is 3.13. The fourth-order valence-corrected chi connectivity index (χ4v) is 3.78. The standard InChI is InChI=1S/C21H17ClF3N3O3/c22-15-8-13(17(29)9-18(15)30)20-14-10-28(5-4-16(14)26-27-20)19(31)7-11-2-1-3-12(6-11)21(23,24)25/h1-3,6,8-9,29-30H,4-5,7,10H2,(H,26,27). The molecule has 0 unspecified atom stereocenters. The topological polar surface area (TPSA) is 89.5 Å². The van der Waals surface area contributed by atoms with Crippen molar-refractivity contribution in [2.24, 2.45) is 0 Å². The minimum absolute atomic E-state index is 0.0397. The molecule has 0 bridgehead atoms.